The molecule has 2 aromatic rings. The SMILES string of the molecule is COc1ccc(CCNC(N)=NCC(=O)Nc2ccccc2)cc1OC. The van der Waals surface area contributed by atoms with Crippen molar-refractivity contribution in [2.24, 2.45) is 10.7 Å². The van der Waals surface area contributed by atoms with Gasteiger partial charge in [0, 0.05) is 12.2 Å². The van der Waals surface area contributed by atoms with Crippen molar-refractivity contribution in [3.63, 3.8) is 0 Å². The third kappa shape index (κ3) is 6.01. The third-order valence-electron chi connectivity index (χ3n) is 3.62. The summed E-state index contributed by atoms with van der Waals surface area (Å²) < 4.78 is 10.5. The minimum absolute atomic E-state index is 0.0376. The van der Waals surface area contributed by atoms with Gasteiger partial charge in [-0.3, -0.25) is 4.79 Å². The van der Waals surface area contributed by atoms with Crippen LogP contribution >= 0.6 is 0 Å². The van der Waals surface area contributed by atoms with Crippen LogP contribution in [0.5, 0.6) is 11.5 Å². The topological polar surface area (TPSA) is 98.0 Å². The molecule has 138 valence electrons. The molecule has 0 fully saturated rings. The monoisotopic (exact) mass is 356 g/mol. The van der Waals surface area contributed by atoms with Gasteiger partial charge < -0.3 is 25.8 Å². The summed E-state index contributed by atoms with van der Waals surface area (Å²) in [5.74, 6) is 1.38. The number of carbonyl (C=O) groups is 1. The van der Waals surface area contributed by atoms with E-state index in [9.17, 15) is 4.79 Å². The van der Waals surface area contributed by atoms with E-state index in [0.717, 1.165) is 17.7 Å². The molecule has 0 saturated heterocycles. The normalized spacial score (nSPS) is 10.9. The van der Waals surface area contributed by atoms with Crippen molar-refractivity contribution < 1.29 is 14.3 Å². The van der Waals surface area contributed by atoms with E-state index >= 15 is 0 Å². The number of anilines is 1. The Kier molecular flexibility index (Phi) is 7.30. The molecule has 4 N–H and O–H groups in total. The fourth-order valence-corrected chi connectivity index (χ4v) is 2.31. The molecule has 0 radical (unpaired) electrons. The van der Waals surface area contributed by atoms with E-state index in [-0.39, 0.29) is 18.4 Å². The van der Waals surface area contributed by atoms with Crippen LogP contribution in [-0.2, 0) is 11.2 Å². The Balaban J connectivity index is 1.76. The quantitative estimate of drug-likeness (QED) is 0.495. The van der Waals surface area contributed by atoms with Gasteiger partial charge in [-0.25, -0.2) is 4.99 Å². The van der Waals surface area contributed by atoms with E-state index in [4.69, 9.17) is 15.2 Å². The molecule has 26 heavy (non-hydrogen) atoms. The number of amides is 1. The number of nitrogens with one attached hydrogen (secondary N) is 2. The highest BCUT2D eigenvalue weighted by Crippen LogP contribution is 2.27. The summed E-state index contributed by atoms with van der Waals surface area (Å²) in [5, 5.41) is 5.74. The highest BCUT2D eigenvalue weighted by Gasteiger charge is 2.05. The second-order valence-corrected chi connectivity index (χ2v) is 5.48. The van der Waals surface area contributed by atoms with Crippen LogP contribution in [0, 0.1) is 0 Å². The van der Waals surface area contributed by atoms with E-state index in [1.165, 1.54) is 0 Å². The number of ether oxygens (including phenoxy) is 2. The molecule has 0 aliphatic carbocycles. The summed E-state index contributed by atoms with van der Waals surface area (Å²) in [6.45, 7) is 0.551. The molecule has 1 amide bonds. The fraction of sp³-hybridized carbons (Fsp3) is 0.263. The smallest absolute Gasteiger partial charge is 0.246 e. The standard InChI is InChI=1S/C19H24N4O3/c1-25-16-9-8-14(12-17(16)26-2)10-11-21-19(20)22-13-18(24)23-15-6-4-3-5-7-15/h3-9,12H,10-11,13H2,1-2H3,(H,23,24)(H3,20,21,22). The van der Waals surface area contributed by atoms with Gasteiger partial charge in [0.2, 0.25) is 5.91 Å². The number of nitrogens with two attached hydrogens (primary N) is 1. The Morgan fingerprint density at radius 3 is 2.50 bits per heavy atom. The van der Waals surface area contributed by atoms with Crippen LogP contribution in [-0.4, -0.2) is 39.2 Å². The molecule has 0 unspecified atom stereocenters. The van der Waals surface area contributed by atoms with Crippen LogP contribution in [0.3, 0.4) is 0 Å². The Hall–Kier alpha value is -3.22. The first-order chi connectivity index (χ1) is 12.6. The predicted molar refractivity (Wildman–Crippen MR) is 103 cm³/mol. The number of benzene rings is 2. The van der Waals surface area contributed by atoms with Crippen LogP contribution in [0.25, 0.3) is 0 Å². The minimum atomic E-state index is -0.221. The minimum Gasteiger partial charge on any atom is -0.493 e. The molecule has 7 heteroatoms. The number of aliphatic imine (C=N–C) groups is 1. The molecule has 0 saturated carbocycles. The summed E-state index contributed by atoms with van der Waals surface area (Å²) in [6, 6.07) is 14.9. The number of hydrogen-bond acceptors (Lipinski definition) is 4. The van der Waals surface area contributed by atoms with Crippen LogP contribution < -0.4 is 25.8 Å². The van der Waals surface area contributed by atoms with Crippen LogP contribution in [0.1, 0.15) is 5.56 Å². The zero-order valence-corrected chi connectivity index (χ0v) is 15.0. The van der Waals surface area contributed by atoms with Crippen molar-refractivity contribution in [2.45, 2.75) is 6.42 Å². The van der Waals surface area contributed by atoms with Gasteiger partial charge in [-0.05, 0) is 36.2 Å². The lowest BCUT2D eigenvalue weighted by molar-refractivity contribution is -0.114. The average molecular weight is 356 g/mol. The van der Waals surface area contributed by atoms with Gasteiger partial charge >= 0.3 is 0 Å². The van der Waals surface area contributed by atoms with Crippen molar-refractivity contribution in [2.75, 3.05) is 32.6 Å². The number of para-hydroxylation sites is 1. The predicted octanol–water partition coefficient (Wildman–Crippen LogP) is 1.79. The zero-order chi connectivity index (χ0) is 18.8. The second-order valence-electron chi connectivity index (χ2n) is 5.48. The molecular weight excluding hydrogens is 332 g/mol. The number of methoxy groups -OCH3 is 2. The zero-order valence-electron chi connectivity index (χ0n) is 15.0. The maximum atomic E-state index is 11.8. The van der Waals surface area contributed by atoms with Gasteiger partial charge in [0.25, 0.3) is 0 Å². The first-order valence-electron chi connectivity index (χ1n) is 8.22. The van der Waals surface area contributed by atoms with Crippen molar-refractivity contribution in [3.8, 4) is 11.5 Å². The largest absolute Gasteiger partial charge is 0.493 e. The van der Waals surface area contributed by atoms with E-state index in [2.05, 4.69) is 15.6 Å². The number of carbonyl (C=O) groups excluding carboxylic acids is 1. The molecule has 0 aliphatic heterocycles. The van der Waals surface area contributed by atoms with E-state index < -0.39 is 0 Å². The first kappa shape index (κ1) is 19.1. The van der Waals surface area contributed by atoms with Crippen molar-refractivity contribution in [1.82, 2.24) is 5.32 Å². The van der Waals surface area contributed by atoms with Gasteiger partial charge in [-0.15, -0.1) is 0 Å². The van der Waals surface area contributed by atoms with Gasteiger partial charge in [0.05, 0.1) is 14.2 Å². The Bertz CT molecular complexity index is 748. The van der Waals surface area contributed by atoms with Crippen LogP contribution in [0.4, 0.5) is 5.69 Å². The molecule has 0 aromatic heterocycles. The average Bonchev–Trinajstić information content (AvgIpc) is 2.67. The Morgan fingerprint density at radius 1 is 1.08 bits per heavy atom. The summed E-state index contributed by atoms with van der Waals surface area (Å²) >= 11 is 0. The maximum absolute atomic E-state index is 11.8. The van der Waals surface area contributed by atoms with E-state index in [1.54, 1.807) is 14.2 Å². The fourth-order valence-electron chi connectivity index (χ4n) is 2.31. The van der Waals surface area contributed by atoms with Crippen LogP contribution in [0.15, 0.2) is 53.5 Å². The molecular formula is C19H24N4O3. The highest BCUT2D eigenvalue weighted by molar-refractivity contribution is 5.93. The summed E-state index contributed by atoms with van der Waals surface area (Å²) in [7, 11) is 3.20. The summed E-state index contributed by atoms with van der Waals surface area (Å²) in [6.07, 6.45) is 0.729. The highest BCUT2D eigenvalue weighted by atomic mass is 16.5. The molecule has 0 aliphatic rings. The van der Waals surface area contributed by atoms with Crippen molar-refractivity contribution in [3.05, 3.63) is 54.1 Å². The lowest BCUT2D eigenvalue weighted by Crippen LogP contribution is -2.34. The van der Waals surface area contributed by atoms with Crippen molar-refractivity contribution in [1.29, 1.82) is 0 Å². The number of guanidine groups is 1. The molecule has 0 bridgehead atoms. The van der Waals surface area contributed by atoms with Crippen LogP contribution in [0.2, 0.25) is 0 Å². The molecule has 7 nitrogen and oxygen atoms in total. The lowest BCUT2D eigenvalue weighted by Gasteiger charge is -2.10. The van der Waals surface area contributed by atoms with E-state index in [1.807, 2.05) is 48.5 Å². The number of hydrogen-bond donors (Lipinski definition) is 3. The van der Waals surface area contributed by atoms with E-state index in [0.29, 0.717) is 18.0 Å². The third-order valence-corrected chi connectivity index (χ3v) is 3.62. The Morgan fingerprint density at radius 2 is 1.81 bits per heavy atom. The molecule has 2 aromatic carbocycles. The Labute approximate surface area is 153 Å². The van der Waals surface area contributed by atoms with Gasteiger partial charge in [0.15, 0.2) is 17.5 Å². The number of rotatable bonds is 8. The molecule has 0 atom stereocenters. The van der Waals surface area contributed by atoms with Gasteiger partial charge in [-0.1, -0.05) is 24.3 Å². The van der Waals surface area contributed by atoms with Gasteiger partial charge in [-0.2, -0.15) is 0 Å². The molecule has 2 rings (SSSR count). The number of nitrogens with zero attached hydrogens (tertiary/aromatic N) is 1. The van der Waals surface area contributed by atoms with Crippen molar-refractivity contribution >= 4 is 17.6 Å². The summed E-state index contributed by atoms with van der Waals surface area (Å²) in [5.41, 5.74) is 7.60. The maximum Gasteiger partial charge on any atom is 0.246 e. The van der Waals surface area contributed by atoms with Gasteiger partial charge in [0.1, 0.15) is 6.54 Å². The molecule has 0 spiro atoms. The molecule has 0 heterocycles. The lowest BCUT2D eigenvalue weighted by atomic mass is 10.1. The second kappa shape index (κ2) is 9.93. The first-order valence-corrected chi connectivity index (χ1v) is 8.22. The summed E-state index contributed by atoms with van der Waals surface area (Å²) in [4.78, 5) is 15.9.